The van der Waals surface area contributed by atoms with Crippen LogP contribution in [0.25, 0.3) is 0 Å². The maximum atomic E-state index is 8.97. The Morgan fingerprint density at radius 2 is 1.19 bits per heavy atom. The molecule has 2 aliphatic rings. The number of hydrogen-bond donors (Lipinski definition) is 4. The summed E-state index contributed by atoms with van der Waals surface area (Å²) in [5.74, 6) is 0. The summed E-state index contributed by atoms with van der Waals surface area (Å²) in [5, 5.41) is 17.9. The summed E-state index contributed by atoms with van der Waals surface area (Å²) in [6, 6.07) is -0.326. The molecule has 0 unspecified atom stereocenters. The highest BCUT2D eigenvalue weighted by atomic mass is 16.5. The summed E-state index contributed by atoms with van der Waals surface area (Å²) < 4.78 is 9.93. The molecule has 16 heavy (non-hydrogen) atoms. The fraction of sp³-hybridized carbons (Fsp3) is 1.00. The summed E-state index contributed by atoms with van der Waals surface area (Å²) in [6.45, 7) is 2.30. The third kappa shape index (κ3) is 4.73. The van der Waals surface area contributed by atoms with Crippen molar-refractivity contribution in [2.75, 3.05) is 26.4 Å². The first-order valence-electron chi connectivity index (χ1n) is 5.64. The Balaban J connectivity index is 0.000000160. The summed E-state index contributed by atoms with van der Waals surface area (Å²) >= 11 is 0. The number of hydrogen-bond acceptors (Lipinski definition) is 6. The average Bonchev–Trinajstić information content (AvgIpc) is 2.28. The van der Waals surface area contributed by atoms with Crippen LogP contribution < -0.4 is 11.5 Å². The largest absolute Gasteiger partial charge is 0.391 e. The summed E-state index contributed by atoms with van der Waals surface area (Å²) in [6.07, 6.45) is 0.676. The van der Waals surface area contributed by atoms with Crippen LogP contribution in [-0.2, 0) is 9.47 Å². The van der Waals surface area contributed by atoms with Crippen LogP contribution in [0.5, 0.6) is 0 Å². The first kappa shape index (κ1) is 13.8. The molecule has 2 aliphatic heterocycles. The van der Waals surface area contributed by atoms with E-state index in [1.807, 2.05) is 0 Å². The molecule has 0 aromatic carbocycles. The van der Waals surface area contributed by atoms with Crippen LogP contribution in [0.4, 0.5) is 0 Å². The lowest BCUT2D eigenvalue weighted by Gasteiger charge is -2.23. The average molecular weight is 234 g/mol. The van der Waals surface area contributed by atoms with Gasteiger partial charge in [0.15, 0.2) is 0 Å². The molecule has 0 spiro atoms. The van der Waals surface area contributed by atoms with Gasteiger partial charge in [-0.2, -0.15) is 0 Å². The fourth-order valence-electron chi connectivity index (χ4n) is 1.50. The third-order valence-corrected chi connectivity index (χ3v) is 2.72. The Labute approximate surface area is 95.5 Å². The molecule has 0 radical (unpaired) electrons. The highest BCUT2D eigenvalue weighted by Crippen LogP contribution is 2.04. The van der Waals surface area contributed by atoms with Crippen molar-refractivity contribution in [1.82, 2.24) is 0 Å². The van der Waals surface area contributed by atoms with Gasteiger partial charge in [0, 0.05) is 13.2 Å². The molecule has 6 N–H and O–H groups in total. The zero-order valence-corrected chi connectivity index (χ0v) is 9.42. The molecule has 2 fully saturated rings. The van der Waals surface area contributed by atoms with Crippen LogP contribution >= 0.6 is 0 Å². The quantitative estimate of drug-likeness (QED) is 0.393. The lowest BCUT2D eigenvalue weighted by molar-refractivity contribution is -0.00340. The predicted molar refractivity (Wildman–Crippen MR) is 58.8 cm³/mol. The van der Waals surface area contributed by atoms with Gasteiger partial charge in [0.25, 0.3) is 0 Å². The molecule has 2 rings (SSSR count). The maximum Gasteiger partial charge on any atom is 0.0735 e. The van der Waals surface area contributed by atoms with E-state index in [-0.39, 0.29) is 24.3 Å². The number of nitrogens with two attached hydrogens (primary N) is 2. The van der Waals surface area contributed by atoms with Crippen molar-refractivity contribution in [2.24, 2.45) is 11.5 Å². The highest BCUT2D eigenvalue weighted by molar-refractivity contribution is 4.74. The van der Waals surface area contributed by atoms with Gasteiger partial charge in [-0.3, -0.25) is 0 Å². The Bertz CT molecular complexity index is 154. The van der Waals surface area contributed by atoms with Crippen LogP contribution in [0.1, 0.15) is 12.8 Å². The second-order valence-corrected chi connectivity index (χ2v) is 4.19. The summed E-state index contributed by atoms with van der Waals surface area (Å²) in [7, 11) is 0. The summed E-state index contributed by atoms with van der Waals surface area (Å²) in [4.78, 5) is 0. The van der Waals surface area contributed by atoms with Gasteiger partial charge in [0.1, 0.15) is 0 Å². The zero-order valence-electron chi connectivity index (χ0n) is 9.42. The van der Waals surface area contributed by atoms with Gasteiger partial charge >= 0.3 is 0 Å². The van der Waals surface area contributed by atoms with Gasteiger partial charge in [-0.05, 0) is 12.8 Å². The van der Waals surface area contributed by atoms with Crippen molar-refractivity contribution in [2.45, 2.75) is 37.1 Å². The van der Waals surface area contributed by atoms with E-state index in [4.69, 9.17) is 31.2 Å². The molecule has 96 valence electrons. The van der Waals surface area contributed by atoms with Crippen molar-refractivity contribution in [3.05, 3.63) is 0 Å². The van der Waals surface area contributed by atoms with Gasteiger partial charge in [0.05, 0.1) is 37.5 Å². The third-order valence-electron chi connectivity index (χ3n) is 2.72. The zero-order chi connectivity index (χ0) is 12.0. The Kier molecular flexibility index (Phi) is 6.18. The Morgan fingerprint density at radius 1 is 0.812 bits per heavy atom. The SMILES string of the molecule is N[C@@H]1COCC[C@H]1O.N[C@H]1COCC[C@@H]1O. The molecule has 0 aliphatic carbocycles. The van der Waals surface area contributed by atoms with Crippen LogP contribution in [0.3, 0.4) is 0 Å². The molecular weight excluding hydrogens is 212 g/mol. The molecule has 0 aromatic heterocycles. The smallest absolute Gasteiger partial charge is 0.0735 e. The summed E-state index contributed by atoms with van der Waals surface area (Å²) in [5.41, 5.74) is 10.8. The number of aliphatic hydroxyl groups is 2. The number of aliphatic hydroxyl groups excluding tert-OH is 2. The van der Waals surface area contributed by atoms with E-state index in [2.05, 4.69) is 0 Å². The standard InChI is InChI=1S/2C5H11NO2/c2*6-4-3-8-2-1-5(4)7/h2*4-5,7H,1-3,6H2/t2*4-,5-/m10/s1. The van der Waals surface area contributed by atoms with E-state index in [0.717, 1.165) is 0 Å². The van der Waals surface area contributed by atoms with Gasteiger partial charge in [-0.1, -0.05) is 0 Å². The van der Waals surface area contributed by atoms with E-state index in [9.17, 15) is 0 Å². The maximum absolute atomic E-state index is 8.97. The van der Waals surface area contributed by atoms with Crippen molar-refractivity contribution in [3.8, 4) is 0 Å². The van der Waals surface area contributed by atoms with E-state index in [1.54, 1.807) is 0 Å². The van der Waals surface area contributed by atoms with Crippen LogP contribution in [0.15, 0.2) is 0 Å². The number of rotatable bonds is 0. The van der Waals surface area contributed by atoms with E-state index >= 15 is 0 Å². The minimum absolute atomic E-state index is 0.163. The first-order valence-corrected chi connectivity index (χ1v) is 5.64. The Morgan fingerprint density at radius 3 is 1.38 bits per heavy atom. The minimum atomic E-state index is -0.344. The second-order valence-electron chi connectivity index (χ2n) is 4.19. The molecule has 6 nitrogen and oxygen atoms in total. The van der Waals surface area contributed by atoms with Crippen LogP contribution in [0, 0.1) is 0 Å². The second kappa shape index (κ2) is 7.16. The van der Waals surface area contributed by atoms with Gasteiger partial charge in [0.2, 0.25) is 0 Å². The highest BCUT2D eigenvalue weighted by Gasteiger charge is 2.19. The molecule has 0 amide bonds. The molecule has 0 aromatic rings. The van der Waals surface area contributed by atoms with Crippen molar-refractivity contribution < 1.29 is 19.7 Å². The monoisotopic (exact) mass is 234 g/mol. The molecule has 0 bridgehead atoms. The minimum Gasteiger partial charge on any atom is -0.391 e. The van der Waals surface area contributed by atoms with Crippen molar-refractivity contribution >= 4 is 0 Å². The normalized spacial score (nSPS) is 39.8. The van der Waals surface area contributed by atoms with Crippen molar-refractivity contribution in [1.29, 1.82) is 0 Å². The van der Waals surface area contributed by atoms with Crippen molar-refractivity contribution in [3.63, 3.8) is 0 Å². The van der Waals surface area contributed by atoms with E-state index in [0.29, 0.717) is 39.3 Å². The fourth-order valence-corrected chi connectivity index (χ4v) is 1.50. The molecule has 6 heteroatoms. The van der Waals surface area contributed by atoms with Gasteiger partial charge in [-0.25, -0.2) is 0 Å². The Hall–Kier alpha value is -0.240. The van der Waals surface area contributed by atoms with E-state index < -0.39 is 0 Å². The van der Waals surface area contributed by atoms with Gasteiger partial charge < -0.3 is 31.2 Å². The molecule has 4 atom stereocenters. The van der Waals surface area contributed by atoms with Crippen LogP contribution in [-0.4, -0.2) is 60.9 Å². The molecular formula is C10H22N2O4. The number of ether oxygens (including phenoxy) is 2. The first-order chi connectivity index (χ1) is 7.61. The van der Waals surface area contributed by atoms with Crippen LogP contribution in [0.2, 0.25) is 0 Å². The lowest BCUT2D eigenvalue weighted by Crippen LogP contribution is -2.43. The molecule has 0 saturated carbocycles. The lowest BCUT2D eigenvalue weighted by atomic mass is 10.1. The molecule has 2 heterocycles. The van der Waals surface area contributed by atoms with Gasteiger partial charge in [-0.15, -0.1) is 0 Å². The molecule has 2 saturated heterocycles. The predicted octanol–water partition coefficient (Wildman–Crippen LogP) is -1.81. The van der Waals surface area contributed by atoms with E-state index in [1.165, 1.54) is 0 Å². The topological polar surface area (TPSA) is 111 Å².